The maximum Gasteiger partial charge on any atom is 0.241 e. The Balaban J connectivity index is 2.25. The summed E-state index contributed by atoms with van der Waals surface area (Å²) < 4.78 is 1.76. The van der Waals surface area contributed by atoms with Crippen molar-refractivity contribution in [2.24, 2.45) is 11.7 Å². The van der Waals surface area contributed by atoms with Gasteiger partial charge in [0.05, 0.1) is 28.8 Å². The largest absolute Gasteiger partial charge is 0.323 e. The first kappa shape index (κ1) is 15.5. The summed E-state index contributed by atoms with van der Waals surface area (Å²) in [6.07, 6.45) is 5.68. The topological polar surface area (TPSA) is 72.9 Å². The minimum atomic E-state index is -0.542. The van der Waals surface area contributed by atoms with Gasteiger partial charge in [-0.2, -0.15) is 0 Å². The molecule has 1 unspecified atom stereocenters. The molecule has 1 atom stereocenters. The second-order valence-corrected chi connectivity index (χ2v) is 5.74. The lowest BCUT2D eigenvalue weighted by Crippen LogP contribution is -2.36. The van der Waals surface area contributed by atoms with E-state index in [2.05, 4.69) is 10.3 Å². The molecule has 0 radical (unpaired) electrons. The fraction of sp³-hybridized carbons (Fsp3) is 0.333. The van der Waals surface area contributed by atoms with E-state index in [0.29, 0.717) is 28.7 Å². The molecule has 6 heteroatoms. The molecule has 1 aromatic carbocycles. The summed E-state index contributed by atoms with van der Waals surface area (Å²) in [5.41, 5.74) is 7.21. The van der Waals surface area contributed by atoms with E-state index in [1.54, 1.807) is 41.5 Å². The van der Waals surface area contributed by atoms with Crippen LogP contribution >= 0.6 is 11.6 Å². The van der Waals surface area contributed by atoms with E-state index < -0.39 is 6.04 Å². The number of rotatable bonds is 5. The summed E-state index contributed by atoms with van der Waals surface area (Å²) in [6.45, 7) is 4.06. The molecule has 0 aliphatic rings. The van der Waals surface area contributed by atoms with Gasteiger partial charge in [-0.05, 0) is 24.5 Å². The molecule has 1 amide bonds. The van der Waals surface area contributed by atoms with Crippen LogP contribution in [0.1, 0.15) is 20.3 Å². The van der Waals surface area contributed by atoms with Gasteiger partial charge in [0.2, 0.25) is 5.91 Å². The smallest absolute Gasteiger partial charge is 0.241 e. The van der Waals surface area contributed by atoms with E-state index in [1.807, 2.05) is 13.8 Å². The third kappa shape index (κ3) is 3.83. The first-order valence-electron chi connectivity index (χ1n) is 6.82. The highest BCUT2D eigenvalue weighted by Crippen LogP contribution is 2.28. The third-order valence-corrected chi connectivity index (χ3v) is 3.37. The fourth-order valence-electron chi connectivity index (χ4n) is 2.11. The van der Waals surface area contributed by atoms with Gasteiger partial charge in [-0.1, -0.05) is 31.5 Å². The normalized spacial score (nSPS) is 12.4. The predicted molar refractivity (Wildman–Crippen MR) is 84.6 cm³/mol. The zero-order valence-corrected chi connectivity index (χ0v) is 12.8. The molecule has 0 fully saturated rings. The van der Waals surface area contributed by atoms with Crippen LogP contribution in [0.5, 0.6) is 0 Å². The van der Waals surface area contributed by atoms with E-state index in [1.165, 1.54) is 0 Å². The number of nitrogens with one attached hydrogen (secondary N) is 1. The summed E-state index contributed by atoms with van der Waals surface area (Å²) in [5.74, 6) is 0.144. The van der Waals surface area contributed by atoms with Gasteiger partial charge < -0.3 is 15.6 Å². The van der Waals surface area contributed by atoms with Gasteiger partial charge in [0.1, 0.15) is 0 Å². The molecule has 0 saturated heterocycles. The summed E-state index contributed by atoms with van der Waals surface area (Å²) in [7, 11) is 0. The number of anilines is 1. The summed E-state index contributed by atoms with van der Waals surface area (Å²) in [6, 6.07) is 4.80. The lowest BCUT2D eigenvalue weighted by Gasteiger charge is -2.17. The highest BCUT2D eigenvalue weighted by Gasteiger charge is 2.17. The van der Waals surface area contributed by atoms with Crippen LogP contribution in [0.25, 0.3) is 5.69 Å². The number of halogens is 1. The molecule has 0 aliphatic carbocycles. The van der Waals surface area contributed by atoms with Crippen LogP contribution in [0, 0.1) is 5.92 Å². The maximum atomic E-state index is 12.2. The van der Waals surface area contributed by atoms with Crippen LogP contribution < -0.4 is 11.1 Å². The second kappa shape index (κ2) is 6.74. The molecule has 0 saturated carbocycles. The number of para-hydroxylation sites is 1. The number of benzene rings is 1. The number of carbonyl (C=O) groups excluding carboxylic acids is 1. The molecule has 0 spiro atoms. The SMILES string of the molecule is CC(C)CC(N)C(=O)Nc1cccc(Cl)c1-n1ccnc1. The van der Waals surface area contributed by atoms with Gasteiger partial charge in [0.25, 0.3) is 0 Å². The van der Waals surface area contributed by atoms with Crippen molar-refractivity contribution in [3.05, 3.63) is 41.9 Å². The number of amides is 1. The molecule has 2 rings (SSSR count). The molecule has 3 N–H and O–H groups in total. The number of imidazole rings is 1. The van der Waals surface area contributed by atoms with Crippen LogP contribution in [0.3, 0.4) is 0 Å². The maximum absolute atomic E-state index is 12.2. The van der Waals surface area contributed by atoms with Crippen molar-refractivity contribution in [2.45, 2.75) is 26.3 Å². The minimum Gasteiger partial charge on any atom is -0.323 e. The lowest BCUT2D eigenvalue weighted by atomic mass is 10.0. The second-order valence-electron chi connectivity index (χ2n) is 5.33. The standard InChI is InChI=1S/C15H19ClN4O/c1-10(2)8-12(17)15(21)19-13-5-3-4-11(16)14(13)20-7-6-18-9-20/h3-7,9-10,12H,8,17H2,1-2H3,(H,19,21). The number of nitrogens with zero attached hydrogens (tertiary/aromatic N) is 2. The molecule has 112 valence electrons. The number of carbonyl (C=O) groups is 1. The quantitative estimate of drug-likeness (QED) is 0.892. The van der Waals surface area contributed by atoms with Crippen LogP contribution in [0.4, 0.5) is 5.69 Å². The average Bonchev–Trinajstić information content (AvgIpc) is 2.91. The Hall–Kier alpha value is -1.85. The highest BCUT2D eigenvalue weighted by molar-refractivity contribution is 6.33. The van der Waals surface area contributed by atoms with Gasteiger partial charge in [-0.3, -0.25) is 4.79 Å². The zero-order valence-electron chi connectivity index (χ0n) is 12.1. The van der Waals surface area contributed by atoms with Gasteiger partial charge >= 0.3 is 0 Å². The van der Waals surface area contributed by atoms with E-state index >= 15 is 0 Å². The molecule has 1 aromatic heterocycles. The number of aromatic nitrogens is 2. The van der Waals surface area contributed by atoms with Crippen LogP contribution in [-0.4, -0.2) is 21.5 Å². The molecule has 2 aromatic rings. The third-order valence-electron chi connectivity index (χ3n) is 3.07. The van der Waals surface area contributed by atoms with Crippen molar-refractivity contribution >= 4 is 23.2 Å². The molecule has 0 bridgehead atoms. The van der Waals surface area contributed by atoms with Crippen LogP contribution in [0.2, 0.25) is 5.02 Å². The first-order chi connectivity index (χ1) is 9.99. The van der Waals surface area contributed by atoms with E-state index in [-0.39, 0.29) is 5.91 Å². The number of hydrogen-bond donors (Lipinski definition) is 2. The van der Waals surface area contributed by atoms with E-state index in [9.17, 15) is 4.79 Å². The van der Waals surface area contributed by atoms with E-state index in [4.69, 9.17) is 17.3 Å². The minimum absolute atomic E-state index is 0.215. The summed E-state index contributed by atoms with van der Waals surface area (Å²) >= 11 is 6.24. The average molecular weight is 307 g/mol. The highest BCUT2D eigenvalue weighted by atomic mass is 35.5. The van der Waals surface area contributed by atoms with Gasteiger partial charge in [0.15, 0.2) is 0 Å². The van der Waals surface area contributed by atoms with Crippen molar-refractivity contribution in [1.29, 1.82) is 0 Å². The Morgan fingerprint density at radius 2 is 2.24 bits per heavy atom. The Morgan fingerprint density at radius 1 is 1.48 bits per heavy atom. The summed E-state index contributed by atoms with van der Waals surface area (Å²) in [5, 5.41) is 3.38. The molecule has 1 heterocycles. The van der Waals surface area contributed by atoms with E-state index in [0.717, 1.165) is 0 Å². The lowest BCUT2D eigenvalue weighted by molar-refractivity contribution is -0.117. The van der Waals surface area contributed by atoms with Crippen molar-refractivity contribution in [3.63, 3.8) is 0 Å². The first-order valence-corrected chi connectivity index (χ1v) is 7.20. The number of hydrogen-bond acceptors (Lipinski definition) is 3. The summed E-state index contributed by atoms with van der Waals surface area (Å²) in [4.78, 5) is 16.2. The van der Waals surface area contributed by atoms with Gasteiger partial charge in [0, 0.05) is 12.4 Å². The van der Waals surface area contributed by atoms with Crippen molar-refractivity contribution in [2.75, 3.05) is 5.32 Å². The van der Waals surface area contributed by atoms with Crippen molar-refractivity contribution in [3.8, 4) is 5.69 Å². The van der Waals surface area contributed by atoms with Crippen molar-refractivity contribution < 1.29 is 4.79 Å². The monoisotopic (exact) mass is 306 g/mol. The molecule has 21 heavy (non-hydrogen) atoms. The Labute approximate surface area is 129 Å². The van der Waals surface area contributed by atoms with Crippen LogP contribution in [-0.2, 0) is 4.79 Å². The van der Waals surface area contributed by atoms with Crippen LogP contribution in [0.15, 0.2) is 36.9 Å². The Kier molecular flexibility index (Phi) is 4.98. The fourth-order valence-corrected chi connectivity index (χ4v) is 2.38. The number of nitrogens with two attached hydrogens (primary N) is 1. The molecular weight excluding hydrogens is 288 g/mol. The Bertz CT molecular complexity index is 610. The molecule has 5 nitrogen and oxygen atoms in total. The zero-order chi connectivity index (χ0) is 15.4. The molecule has 0 aliphatic heterocycles. The molecular formula is C15H19ClN4O. The van der Waals surface area contributed by atoms with Gasteiger partial charge in [-0.15, -0.1) is 0 Å². The van der Waals surface area contributed by atoms with Crippen molar-refractivity contribution in [1.82, 2.24) is 9.55 Å². The Morgan fingerprint density at radius 3 is 2.86 bits per heavy atom. The predicted octanol–water partition coefficient (Wildman–Crippen LogP) is 2.84. The van der Waals surface area contributed by atoms with Gasteiger partial charge in [-0.25, -0.2) is 4.98 Å².